The number of hydrogen-bond acceptors (Lipinski definition) is 1. The van der Waals surface area contributed by atoms with Gasteiger partial charge in [-0.1, -0.05) is 12.1 Å². The van der Waals surface area contributed by atoms with Crippen LogP contribution in [0.4, 0.5) is 5.69 Å². The van der Waals surface area contributed by atoms with Crippen molar-refractivity contribution in [2.75, 3.05) is 5.32 Å². The van der Waals surface area contributed by atoms with Gasteiger partial charge < -0.3 is 5.32 Å². The maximum absolute atomic E-state index is 3.44. The van der Waals surface area contributed by atoms with E-state index in [0.717, 1.165) is 0 Å². The van der Waals surface area contributed by atoms with Crippen LogP contribution in [0.3, 0.4) is 0 Å². The van der Waals surface area contributed by atoms with E-state index in [4.69, 9.17) is 0 Å². The summed E-state index contributed by atoms with van der Waals surface area (Å²) in [6, 6.07) is 8.31. The van der Waals surface area contributed by atoms with Crippen molar-refractivity contribution in [2.45, 2.75) is 26.3 Å². The van der Waals surface area contributed by atoms with E-state index >= 15 is 0 Å². The summed E-state index contributed by atoms with van der Waals surface area (Å²) in [5.74, 6) is 0. The Bertz CT molecular complexity index is 263. The molecule has 0 bridgehead atoms. The lowest BCUT2D eigenvalue weighted by Gasteiger charge is -2.22. The zero-order valence-corrected chi connectivity index (χ0v) is 9.84. The summed E-state index contributed by atoms with van der Waals surface area (Å²) in [5.41, 5.74) is 1.35. The van der Waals surface area contributed by atoms with E-state index in [1.54, 1.807) is 0 Å². The normalized spacial score (nSPS) is 11.3. The number of hydrogen-bond donors (Lipinski definition) is 1. The minimum atomic E-state index is 0.140. The molecule has 1 aromatic carbocycles. The molecular formula is C10H14IN. The van der Waals surface area contributed by atoms with Gasteiger partial charge in [-0.15, -0.1) is 0 Å². The summed E-state index contributed by atoms with van der Waals surface area (Å²) >= 11 is 2.34. The maximum Gasteiger partial charge on any atom is 0.0479 e. The standard InChI is InChI=1S/C10H14IN/c1-10(2,3)12-9-7-5-4-6-8(9)11/h4-7,12H,1-3H3. The molecule has 0 aliphatic carbocycles. The van der Waals surface area contributed by atoms with Gasteiger partial charge >= 0.3 is 0 Å². The first-order valence-electron chi connectivity index (χ1n) is 4.02. The lowest BCUT2D eigenvalue weighted by Crippen LogP contribution is -2.26. The first-order chi connectivity index (χ1) is 5.49. The predicted molar refractivity (Wildman–Crippen MR) is 62.5 cm³/mol. The maximum atomic E-state index is 3.44. The fourth-order valence-electron chi connectivity index (χ4n) is 0.967. The predicted octanol–water partition coefficient (Wildman–Crippen LogP) is 3.50. The van der Waals surface area contributed by atoms with Crippen molar-refractivity contribution in [1.82, 2.24) is 0 Å². The molecule has 0 atom stereocenters. The zero-order valence-electron chi connectivity index (χ0n) is 7.69. The van der Waals surface area contributed by atoms with Gasteiger partial charge in [0, 0.05) is 14.8 Å². The third kappa shape index (κ3) is 3.01. The van der Waals surface area contributed by atoms with Crippen molar-refractivity contribution >= 4 is 28.3 Å². The third-order valence-electron chi connectivity index (χ3n) is 1.38. The van der Waals surface area contributed by atoms with Gasteiger partial charge in [-0.3, -0.25) is 0 Å². The molecule has 0 amide bonds. The molecular weight excluding hydrogens is 261 g/mol. The van der Waals surface area contributed by atoms with Crippen molar-refractivity contribution in [2.24, 2.45) is 0 Å². The van der Waals surface area contributed by atoms with E-state index in [1.165, 1.54) is 9.26 Å². The summed E-state index contributed by atoms with van der Waals surface area (Å²) in [6.07, 6.45) is 0. The van der Waals surface area contributed by atoms with Crippen LogP contribution in [0.1, 0.15) is 20.8 Å². The number of nitrogens with one attached hydrogen (secondary N) is 1. The van der Waals surface area contributed by atoms with E-state index in [0.29, 0.717) is 0 Å². The van der Waals surface area contributed by atoms with Crippen LogP contribution in [0.15, 0.2) is 24.3 Å². The molecule has 2 heteroatoms. The second-order valence-electron chi connectivity index (χ2n) is 3.85. The van der Waals surface area contributed by atoms with E-state index in [1.807, 2.05) is 0 Å². The second-order valence-corrected chi connectivity index (χ2v) is 5.02. The molecule has 0 aromatic heterocycles. The molecule has 0 radical (unpaired) electrons. The Labute approximate surface area is 87.7 Å². The lowest BCUT2D eigenvalue weighted by molar-refractivity contribution is 0.633. The molecule has 1 nitrogen and oxygen atoms in total. The Balaban J connectivity index is 2.83. The van der Waals surface area contributed by atoms with E-state index in [-0.39, 0.29) is 5.54 Å². The number of rotatable bonds is 1. The third-order valence-corrected chi connectivity index (χ3v) is 2.32. The quantitative estimate of drug-likeness (QED) is 0.773. The molecule has 0 saturated carbocycles. The topological polar surface area (TPSA) is 12.0 Å². The summed E-state index contributed by atoms with van der Waals surface area (Å²) in [7, 11) is 0. The Morgan fingerprint density at radius 2 is 1.75 bits per heavy atom. The molecule has 0 fully saturated rings. The molecule has 0 aliphatic rings. The highest BCUT2D eigenvalue weighted by Gasteiger charge is 2.10. The SMILES string of the molecule is CC(C)(C)Nc1ccccc1I. The zero-order chi connectivity index (χ0) is 9.19. The van der Waals surface area contributed by atoms with Crippen LogP contribution in [0.5, 0.6) is 0 Å². The fourth-order valence-corrected chi connectivity index (χ4v) is 1.49. The Hall–Kier alpha value is -0.250. The first-order valence-corrected chi connectivity index (χ1v) is 5.10. The molecule has 1 aromatic rings. The Kier molecular flexibility index (Phi) is 2.99. The van der Waals surface area contributed by atoms with Crippen LogP contribution >= 0.6 is 22.6 Å². The first kappa shape index (κ1) is 9.84. The van der Waals surface area contributed by atoms with Crippen molar-refractivity contribution in [1.29, 1.82) is 0 Å². The summed E-state index contributed by atoms with van der Waals surface area (Å²) in [6.45, 7) is 6.49. The molecule has 0 heterocycles. The summed E-state index contributed by atoms with van der Waals surface area (Å²) < 4.78 is 1.27. The number of anilines is 1. The van der Waals surface area contributed by atoms with Gasteiger partial charge in [0.25, 0.3) is 0 Å². The number of halogens is 1. The van der Waals surface area contributed by atoms with Crippen molar-refractivity contribution in [3.8, 4) is 0 Å². The summed E-state index contributed by atoms with van der Waals surface area (Å²) in [5, 5.41) is 3.44. The Morgan fingerprint density at radius 1 is 1.17 bits per heavy atom. The van der Waals surface area contributed by atoms with Crippen LogP contribution in [-0.2, 0) is 0 Å². The highest BCUT2D eigenvalue weighted by molar-refractivity contribution is 14.1. The smallest absolute Gasteiger partial charge is 0.0479 e. The minimum absolute atomic E-state index is 0.140. The Morgan fingerprint density at radius 3 is 2.25 bits per heavy atom. The van der Waals surface area contributed by atoms with Gasteiger partial charge in [0.15, 0.2) is 0 Å². The van der Waals surface area contributed by atoms with E-state index < -0.39 is 0 Å². The fraction of sp³-hybridized carbons (Fsp3) is 0.400. The molecule has 0 aliphatic heterocycles. The van der Waals surface area contributed by atoms with Crippen molar-refractivity contribution in [3.05, 3.63) is 27.8 Å². The highest BCUT2D eigenvalue weighted by Crippen LogP contribution is 2.20. The number of benzene rings is 1. The summed E-state index contributed by atoms with van der Waals surface area (Å²) in [4.78, 5) is 0. The van der Waals surface area contributed by atoms with Crippen LogP contribution in [0.25, 0.3) is 0 Å². The van der Waals surface area contributed by atoms with Crippen molar-refractivity contribution in [3.63, 3.8) is 0 Å². The van der Waals surface area contributed by atoms with Gasteiger partial charge in [0.1, 0.15) is 0 Å². The molecule has 1 N–H and O–H groups in total. The van der Waals surface area contributed by atoms with Crippen LogP contribution < -0.4 is 5.32 Å². The molecule has 1 rings (SSSR count). The molecule has 0 unspecified atom stereocenters. The molecule has 0 saturated heterocycles. The van der Waals surface area contributed by atoms with Crippen LogP contribution in [0.2, 0.25) is 0 Å². The number of para-hydroxylation sites is 1. The molecule has 12 heavy (non-hydrogen) atoms. The van der Waals surface area contributed by atoms with Gasteiger partial charge in [-0.2, -0.15) is 0 Å². The molecule has 66 valence electrons. The lowest BCUT2D eigenvalue weighted by atomic mass is 10.1. The average Bonchev–Trinajstić information content (AvgIpc) is 1.91. The van der Waals surface area contributed by atoms with Crippen LogP contribution in [-0.4, -0.2) is 5.54 Å². The monoisotopic (exact) mass is 275 g/mol. The van der Waals surface area contributed by atoms with E-state index in [2.05, 4.69) is 72.9 Å². The second kappa shape index (κ2) is 3.64. The molecule has 0 spiro atoms. The highest BCUT2D eigenvalue weighted by atomic mass is 127. The van der Waals surface area contributed by atoms with Crippen molar-refractivity contribution < 1.29 is 0 Å². The van der Waals surface area contributed by atoms with E-state index in [9.17, 15) is 0 Å². The average molecular weight is 275 g/mol. The largest absolute Gasteiger partial charge is 0.380 e. The van der Waals surface area contributed by atoms with Gasteiger partial charge in [-0.05, 0) is 55.5 Å². The van der Waals surface area contributed by atoms with Gasteiger partial charge in [-0.25, -0.2) is 0 Å². The van der Waals surface area contributed by atoms with Gasteiger partial charge in [0.2, 0.25) is 0 Å². The van der Waals surface area contributed by atoms with Gasteiger partial charge in [0.05, 0.1) is 0 Å². The van der Waals surface area contributed by atoms with Crippen LogP contribution in [0, 0.1) is 3.57 Å². The minimum Gasteiger partial charge on any atom is -0.380 e.